The first-order chi connectivity index (χ1) is 15.4. The Balaban J connectivity index is 1.62. The molecule has 0 aliphatic carbocycles. The second-order valence-electron chi connectivity index (χ2n) is 7.48. The summed E-state index contributed by atoms with van der Waals surface area (Å²) in [7, 11) is -3.65. The summed E-state index contributed by atoms with van der Waals surface area (Å²) in [5.41, 5.74) is 1.18. The molecule has 6 nitrogen and oxygen atoms in total. The second kappa shape index (κ2) is 9.24. The third kappa shape index (κ3) is 4.60. The fraction of sp³-hybridized carbons (Fsp3) is 0.167. The lowest BCUT2D eigenvalue weighted by atomic mass is 10.0. The SMILES string of the molecule is O=C(Nc1ccc(Cl)cc1C(=O)c1ccccc1)c1cccc(S(=O)(=O)N2CCCC2)c1. The number of ketones is 1. The molecule has 1 fully saturated rings. The molecule has 0 bridgehead atoms. The number of sulfonamides is 1. The van der Waals surface area contributed by atoms with Crippen molar-refractivity contribution in [2.75, 3.05) is 18.4 Å². The van der Waals surface area contributed by atoms with Gasteiger partial charge in [0.1, 0.15) is 0 Å². The number of halogens is 1. The Morgan fingerprint density at radius 2 is 1.53 bits per heavy atom. The second-order valence-corrected chi connectivity index (χ2v) is 9.85. The van der Waals surface area contributed by atoms with Crippen molar-refractivity contribution < 1.29 is 18.0 Å². The lowest BCUT2D eigenvalue weighted by Gasteiger charge is -2.16. The molecule has 1 saturated heterocycles. The third-order valence-corrected chi connectivity index (χ3v) is 7.44. The van der Waals surface area contributed by atoms with Gasteiger partial charge >= 0.3 is 0 Å². The van der Waals surface area contributed by atoms with Gasteiger partial charge in [-0.3, -0.25) is 9.59 Å². The normalized spacial score (nSPS) is 14.3. The zero-order valence-electron chi connectivity index (χ0n) is 17.1. The van der Waals surface area contributed by atoms with Crippen LogP contribution in [0.15, 0.2) is 77.7 Å². The van der Waals surface area contributed by atoms with Crippen molar-refractivity contribution in [2.45, 2.75) is 17.7 Å². The van der Waals surface area contributed by atoms with Crippen LogP contribution in [0.4, 0.5) is 5.69 Å². The fourth-order valence-electron chi connectivity index (χ4n) is 3.63. The van der Waals surface area contributed by atoms with E-state index in [1.807, 2.05) is 0 Å². The number of nitrogens with zero attached hydrogens (tertiary/aromatic N) is 1. The minimum Gasteiger partial charge on any atom is -0.321 e. The molecule has 3 aromatic carbocycles. The molecule has 0 atom stereocenters. The van der Waals surface area contributed by atoms with Crippen LogP contribution in [0.25, 0.3) is 0 Å². The molecule has 1 N–H and O–H groups in total. The first-order valence-corrected chi connectivity index (χ1v) is 12.0. The molecule has 164 valence electrons. The highest BCUT2D eigenvalue weighted by Gasteiger charge is 2.27. The largest absolute Gasteiger partial charge is 0.321 e. The van der Waals surface area contributed by atoms with Crippen LogP contribution in [-0.4, -0.2) is 37.5 Å². The molecule has 0 unspecified atom stereocenters. The van der Waals surface area contributed by atoms with Gasteiger partial charge in [-0.2, -0.15) is 4.31 Å². The molecular formula is C24H21ClN2O4S. The summed E-state index contributed by atoms with van der Waals surface area (Å²) in [6.07, 6.45) is 1.66. The van der Waals surface area contributed by atoms with Gasteiger partial charge in [0.2, 0.25) is 10.0 Å². The molecule has 0 saturated carbocycles. The summed E-state index contributed by atoms with van der Waals surface area (Å²) >= 11 is 6.10. The molecule has 1 heterocycles. The maximum Gasteiger partial charge on any atom is 0.255 e. The molecule has 4 rings (SSSR count). The molecule has 0 spiro atoms. The van der Waals surface area contributed by atoms with Gasteiger partial charge < -0.3 is 5.32 Å². The van der Waals surface area contributed by atoms with Gasteiger partial charge in [0, 0.05) is 34.8 Å². The molecule has 0 aromatic heterocycles. The Morgan fingerprint density at radius 1 is 0.844 bits per heavy atom. The van der Waals surface area contributed by atoms with Crippen molar-refractivity contribution >= 4 is 39.0 Å². The lowest BCUT2D eigenvalue weighted by Crippen LogP contribution is -2.28. The Bertz CT molecular complexity index is 1270. The number of amides is 1. The molecular weight excluding hydrogens is 448 g/mol. The maximum atomic E-state index is 13.0. The quantitative estimate of drug-likeness (QED) is 0.535. The number of hydrogen-bond donors (Lipinski definition) is 1. The highest BCUT2D eigenvalue weighted by molar-refractivity contribution is 7.89. The molecule has 1 amide bonds. The van der Waals surface area contributed by atoms with E-state index in [0.29, 0.717) is 29.4 Å². The van der Waals surface area contributed by atoms with Crippen LogP contribution in [-0.2, 0) is 10.0 Å². The molecule has 32 heavy (non-hydrogen) atoms. The summed E-state index contributed by atoms with van der Waals surface area (Å²) in [6, 6.07) is 19.2. The van der Waals surface area contributed by atoms with Gasteiger partial charge in [-0.05, 0) is 49.2 Å². The maximum absolute atomic E-state index is 13.0. The summed E-state index contributed by atoms with van der Waals surface area (Å²) < 4.78 is 27.1. The topological polar surface area (TPSA) is 83.5 Å². The van der Waals surface area contributed by atoms with Crippen LogP contribution in [0.5, 0.6) is 0 Å². The van der Waals surface area contributed by atoms with E-state index < -0.39 is 15.9 Å². The minimum absolute atomic E-state index is 0.0729. The number of carbonyl (C=O) groups is 2. The monoisotopic (exact) mass is 468 g/mol. The smallest absolute Gasteiger partial charge is 0.255 e. The predicted molar refractivity (Wildman–Crippen MR) is 124 cm³/mol. The zero-order chi connectivity index (χ0) is 22.7. The van der Waals surface area contributed by atoms with Crippen LogP contribution in [0.1, 0.15) is 39.1 Å². The molecule has 3 aromatic rings. The van der Waals surface area contributed by atoms with Crippen molar-refractivity contribution in [3.05, 3.63) is 94.5 Å². The number of anilines is 1. The van der Waals surface area contributed by atoms with E-state index in [4.69, 9.17) is 11.6 Å². The van der Waals surface area contributed by atoms with Gasteiger partial charge in [-0.1, -0.05) is 48.0 Å². The van der Waals surface area contributed by atoms with E-state index in [-0.39, 0.29) is 21.8 Å². The van der Waals surface area contributed by atoms with Gasteiger partial charge in [0.15, 0.2) is 5.78 Å². The highest BCUT2D eigenvalue weighted by atomic mass is 35.5. The van der Waals surface area contributed by atoms with E-state index in [9.17, 15) is 18.0 Å². The van der Waals surface area contributed by atoms with Crippen molar-refractivity contribution in [1.29, 1.82) is 0 Å². The molecule has 8 heteroatoms. The van der Waals surface area contributed by atoms with Crippen LogP contribution >= 0.6 is 11.6 Å². The van der Waals surface area contributed by atoms with Gasteiger partial charge in [-0.15, -0.1) is 0 Å². The van der Waals surface area contributed by atoms with E-state index in [0.717, 1.165) is 12.8 Å². The van der Waals surface area contributed by atoms with Crippen LogP contribution in [0, 0.1) is 0 Å². The Labute approximate surface area is 191 Å². The van der Waals surface area contributed by atoms with Crippen molar-refractivity contribution in [2.24, 2.45) is 0 Å². The average Bonchev–Trinajstić information content (AvgIpc) is 3.36. The predicted octanol–water partition coefficient (Wildman–Crippen LogP) is 4.61. The summed E-state index contributed by atoms with van der Waals surface area (Å²) in [4.78, 5) is 26.0. The lowest BCUT2D eigenvalue weighted by molar-refractivity contribution is 0.102. The van der Waals surface area contributed by atoms with Gasteiger partial charge in [-0.25, -0.2) is 8.42 Å². The highest BCUT2D eigenvalue weighted by Crippen LogP contribution is 2.25. The average molecular weight is 469 g/mol. The Kier molecular flexibility index (Phi) is 6.41. The summed E-state index contributed by atoms with van der Waals surface area (Å²) in [6.45, 7) is 0.961. The number of carbonyl (C=O) groups excluding carboxylic acids is 2. The minimum atomic E-state index is -3.65. The number of nitrogens with one attached hydrogen (secondary N) is 1. The molecule has 1 aliphatic heterocycles. The van der Waals surface area contributed by atoms with E-state index >= 15 is 0 Å². The standard InChI is InChI=1S/C24H21ClN2O4S/c25-19-11-12-22(21(16-19)23(28)17-7-2-1-3-8-17)26-24(29)18-9-6-10-20(15-18)32(30,31)27-13-4-5-14-27/h1-3,6-12,15-16H,4-5,13-14H2,(H,26,29). The first kappa shape index (κ1) is 22.2. The van der Waals surface area contributed by atoms with E-state index in [2.05, 4.69) is 5.32 Å². The first-order valence-electron chi connectivity index (χ1n) is 10.2. The summed E-state index contributed by atoms with van der Waals surface area (Å²) in [5.74, 6) is -0.804. The number of benzene rings is 3. The van der Waals surface area contributed by atoms with Gasteiger partial charge in [0.05, 0.1) is 10.6 Å². The van der Waals surface area contributed by atoms with Crippen molar-refractivity contribution in [3.63, 3.8) is 0 Å². The van der Waals surface area contributed by atoms with Gasteiger partial charge in [0.25, 0.3) is 5.91 Å². The Morgan fingerprint density at radius 3 is 2.25 bits per heavy atom. The van der Waals surface area contributed by atoms with Crippen molar-refractivity contribution in [1.82, 2.24) is 4.31 Å². The summed E-state index contributed by atoms with van der Waals surface area (Å²) in [5, 5.41) is 3.09. The third-order valence-electron chi connectivity index (χ3n) is 5.31. The van der Waals surface area contributed by atoms with E-state index in [1.165, 1.54) is 34.6 Å². The van der Waals surface area contributed by atoms with Crippen LogP contribution in [0.2, 0.25) is 5.02 Å². The number of hydrogen-bond acceptors (Lipinski definition) is 4. The van der Waals surface area contributed by atoms with E-state index in [1.54, 1.807) is 42.5 Å². The molecule has 0 radical (unpaired) electrons. The Hall–Kier alpha value is -3.00. The van der Waals surface area contributed by atoms with Crippen molar-refractivity contribution in [3.8, 4) is 0 Å². The molecule has 1 aliphatic rings. The zero-order valence-corrected chi connectivity index (χ0v) is 18.7. The number of rotatable bonds is 6. The van der Waals surface area contributed by atoms with Crippen LogP contribution < -0.4 is 5.32 Å². The fourth-order valence-corrected chi connectivity index (χ4v) is 5.36. The van der Waals surface area contributed by atoms with Crippen LogP contribution in [0.3, 0.4) is 0 Å².